The summed E-state index contributed by atoms with van der Waals surface area (Å²) in [4.78, 5) is 4.18. The van der Waals surface area contributed by atoms with Crippen LogP contribution in [0.25, 0.3) is 0 Å². The van der Waals surface area contributed by atoms with E-state index in [1.54, 1.807) is 13.1 Å². The molecule has 84 valence electrons. The summed E-state index contributed by atoms with van der Waals surface area (Å²) in [5.74, 6) is 0.705. The van der Waals surface area contributed by atoms with Crippen LogP contribution in [0.15, 0.2) is 42.7 Å². The van der Waals surface area contributed by atoms with Crippen molar-refractivity contribution in [3.8, 4) is 0 Å². The van der Waals surface area contributed by atoms with E-state index in [0.717, 1.165) is 0 Å². The molecule has 0 aliphatic rings. The van der Waals surface area contributed by atoms with E-state index >= 15 is 0 Å². The minimum Gasteiger partial charge on any atom is -0.385 e. The number of aliphatic hydroxyl groups is 1. The Kier molecular flexibility index (Phi) is 3.06. The maximum Gasteiger partial charge on any atom is 0.137 e. The topological polar surface area (TPSA) is 38.1 Å². The van der Waals surface area contributed by atoms with E-state index in [-0.39, 0.29) is 6.04 Å². The molecule has 1 aromatic carbocycles. The molecule has 2 unspecified atom stereocenters. The van der Waals surface area contributed by atoms with Gasteiger partial charge in [-0.1, -0.05) is 30.3 Å². The van der Waals surface area contributed by atoms with Crippen LogP contribution in [0.5, 0.6) is 0 Å². The van der Waals surface area contributed by atoms with Gasteiger partial charge in [-0.15, -0.1) is 0 Å². The zero-order valence-electron chi connectivity index (χ0n) is 9.54. The molecule has 16 heavy (non-hydrogen) atoms. The average Bonchev–Trinajstić information content (AvgIpc) is 2.78. The van der Waals surface area contributed by atoms with E-state index in [0.29, 0.717) is 5.82 Å². The Hall–Kier alpha value is -1.61. The number of aliphatic hydroxyl groups excluding tert-OH is 1. The highest BCUT2D eigenvalue weighted by molar-refractivity contribution is 5.20. The first kappa shape index (κ1) is 10.9. The highest BCUT2D eigenvalue weighted by Gasteiger charge is 2.14. The van der Waals surface area contributed by atoms with Crippen molar-refractivity contribution in [3.05, 3.63) is 54.1 Å². The average molecular weight is 216 g/mol. The fourth-order valence-corrected chi connectivity index (χ4v) is 1.87. The van der Waals surface area contributed by atoms with Crippen molar-refractivity contribution in [1.29, 1.82) is 0 Å². The van der Waals surface area contributed by atoms with Crippen LogP contribution in [0.4, 0.5) is 0 Å². The van der Waals surface area contributed by atoms with Crippen LogP contribution in [0.3, 0.4) is 0 Å². The second-order valence-electron chi connectivity index (χ2n) is 3.96. The Morgan fingerprint density at radius 2 is 1.88 bits per heavy atom. The fourth-order valence-electron chi connectivity index (χ4n) is 1.87. The summed E-state index contributed by atoms with van der Waals surface area (Å²) in [5, 5.41) is 9.61. The Morgan fingerprint density at radius 1 is 1.19 bits per heavy atom. The normalized spacial score (nSPS) is 14.7. The van der Waals surface area contributed by atoms with Gasteiger partial charge in [0, 0.05) is 12.4 Å². The lowest BCUT2D eigenvalue weighted by molar-refractivity contribution is 0.182. The quantitative estimate of drug-likeness (QED) is 0.856. The Balaban J connectivity index is 2.34. The van der Waals surface area contributed by atoms with Gasteiger partial charge in [-0.25, -0.2) is 4.98 Å². The predicted octanol–water partition coefficient (Wildman–Crippen LogP) is 2.55. The molecule has 1 heterocycles. The molecule has 0 saturated carbocycles. The third kappa shape index (κ3) is 1.99. The van der Waals surface area contributed by atoms with Crippen LogP contribution < -0.4 is 0 Å². The summed E-state index contributed by atoms with van der Waals surface area (Å²) in [7, 11) is 0. The first-order chi connectivity index (χ1) is 7.70. The number of imidazole rings is 1. The van der Waals surface area contributed by atoms with Gasteiger partial charge in [0.15, 0.2) is 0 Å². The maximum absolute atomic E-state index is 9.61. The predicted molar refractivity (Wildman–Crippen MR) is 63.1 cm³/mol. The van der Waals surface area contributed by atoms with E-state index in [1.165, 1.54) is 5.56 Å². The highest BCUT2D eigenvalue weighted by atomic mass is 16.3. The summed E-state index contributed by atoms with van der Waals surface area (Å²) >= 11 is 0. The first-order valence-corrected chi connectivity index (χ1v) is 5.46. The number of hydrogen-bond donors (Lipinski definition) is 1. The van der Waals surface area contributed by atoms with Crippen molar-refractivity contribution in [2.75, 3.05) is 0 Å². The summed E-state index contributed by atoms with van der Waals surface area (Å²) < 4.78 is 2.00. The van der Waals surface area contributed by atoms with Gasteiger partial charge in [0.1, 0.15) is 11.9 Å². The second kappa shape index (κ2) is 4.49. The Morgan fingerprint density at radius 3 is 2.50 bits per heavy atom. The molecule has 0 amide bonds. The lowest BCUT2D eigenvalue weighted by Crippen LogP contribution is -2.11. The van der Waals surface area contributed by atoms with Crippen molar-refractivity contribution in [1.82, 2.24) is 9.55 Å². The van der Waals surface area contributed by atoms with Crippen molar-refractivity contribution in [3.63, 3.8) is 0 Å². The number of benzene rings is 1. The van der Waals surface area contributed by atoms with Gasteiger partial charge in [0.25, 0.3) is 0 Å². The van der Waals surface area contributed by atoms with Gasteiger partial charge < -0.3 is 9.67 Å². The molecule has 1 N–H and O–H groups in total. The third-order valence-corrected chi connectivity index (χ3v) is 2.77. The zero-order valence-corrected chi connectivity index (χ0v) is 9.54. The van der Waals surface area contributed by atoms with Crippen LogP contribution in [-0.2, 0) is 0 Å². The standard InChI is InChI=1S/C13H16N2O/c1-10(12-6-4-3-5-7-12)15-9-8-14-13(15)11(2)16/h3-11,16H,1-2H3. The van der Waals surface area contributed by atoms with Crippen LogP contribution >= 0.6 is 0 Å². The SMILES string of the molecule is CC(O)c1nccn1C(C)c1ccccc1. The van der Waals surface area contributed by atoms with E-state index in [9.17, 15) is 5.11 Å². The van der Waals surface area contributed by atoms with E-state index < -0.39 is 6.10 Å². The maximum atomic E-state index is 9.61. The lowest BCUT2D eigenvalue weighted by Gasteiger charge is -2.17. The van der Waals surface area contributed by atoms with Gasteiger partial charge in [0.05, 0.1) is 6.04 Å². The molecule has 2 aromatic rings. The van der Waals surface area contributed by atoms with Crippen LogP contribution in [0.1, 0.15) is 37.4 Å². The van der Waals surface area contributed by atoms with Crippen molar-refractivity contribution < 1.29 is 5.11 Å². The van der Waals surface area contributed by atoms with Gasteiger partial charge in [0.2, 0.25) is 0 Å². The van der Waals surface area contributed by atoms with Crippen LogP contribution in [0.2, 0.25) is 0 Å². The van der Waals surface area contributed by atoms with Crippen molar-refractivity contribution in [2.45, 2.75) is 26.0 Å². The molecule has 0 aliphatic heterocycles. The van der Waals surface area contributed by atoms with Gasteiger partial charge in [-0.2, -0.15) is 0 Å². The minimum absolute atomic E-state index is 0.188. The summed E-state index contributed by atoms with van der Waals surface area (Å²) in [5.41, 5.74) is 1.21. The Bertz CT molecular complexity index is 448. The molecule has 1 aromatic heterocycles. The Labute approximate surface area is 95.4 Å². The molecule has 3 heteroatoms. The van der Waals surface area contributed by atoms with Gasteiger partial charge in [-0.3, -0.25) is 0 Å². The van der Waals surface area contributed by atoms with E-state index in [2.05, 4.69) is 24.0 Å². The smallest absolute Gasteiger partial charge is 0.137 e. The van der Waals surface area contributed by atoms with Crippen LogP contribution in [0, 0.1) is 0 Å². The van der Waals surface area contributed by atoms with Crippen molar-refractivity contribution >= 4 is 0 Å². The van der Waals surface area contributed by atoms with Crippen LogP contribution in [-0.4, -0.2) is 14.7 Å². The summed E-state index contributed by atoms with van der Waals surface area (Å²) in [6.07, 6.45) is 3.09. The second-order valence-corrected chi connectivity index (χ2v) is 3.96. The molecule has 2 atom stereocenters. The summed E-state index contributed by atoms with van der Waals surface area (Å²) in [6, 6.07) is 10.4. The number of nitrogens with zero attached hydrogens (tertiary/aromatic N) is 2. The molecule has 0 fully saturated rings. The molecule has 0 radical (unpaired) electrons. The van der Waals surface area contributed by atoms with E-state index in [1.807, 2.05) is 29.0 Å². The lowest BCUT2D eigenvalue weighted by atomic mass is 10.1. The molecular weight excluding hydrogens is 200 g/mol. The largest absolute Gasteiger partial charge is 0.385 e. The molecule has 0 saturated heterocycles. The number of hydrogen-bond acceptors (Lipinski definition) is 2. The first-order valence-electron chi connectivity index (χ1n) is 5.46. The zero-order chi connectivity index (χ0) is 11.5. The third-order valence-electron chi connectivity index (χ3n) is 2.77. The molecular formula is C13H16N2O. The molecule has 3 nitrogen and oxygen atoms in total. The highest BCUT2D eigenvalue weighted by Crippen LogP contribution is 2.21. The van der Waals surface area contributed by atoms with Crippen molar-refractivity contribution in [2.24, 2.45) is 0 Å². The summed E-state index contributed by atoms with van der Waals surface area (Å²) in [6.45, 7) is 3.83. The van der Waals surface area contributed by atoms with Gasteiger partial charge in [-0.05, 0) is 19.4 Å². The minimum atomic E-state index is -0.541. The molecule has 0 spiro atoms. The molecule has 0 aliphatic carbocycles. The van der Waals surface area contributed by atoms with Gasteiger partial charge >= 0.3 is 0 Å². The van der Waals surface area contributed by atoms with E-state index in [4.69, 9.17) is 0 Å². The molecule has 0 bridgehead atoms. The fraction of sp³-hybridized carbons (Fsp3) is 0.308. The number of aromatic nitrogens is 2. The molecule has 2 rings (SSSR count). The monoisotopic (exact) mass is 216 g/mol. The number of rotatable bonds is 3.